The summed E-state index contributed by atoms with van der Waals surface area (Å²) in [7, 11) is 3.24. The fourth-order valence-corrected chi connectivity index (χ4v) is 2.92. The molecule has 0 spiro atoms. The molecular weight excluding hydrogens is 324 g/mol. The SMILES string of the molecule is COc1cc(OC)cc(-c2c(Cl)nnc(C)c2-c2ccccc2)c1. The Labute approximate surface area is 146 Å². The van der Waals surface area contributed by atoms with E-state index in [-0.39, 0.29) is 0 Å². The van der Waals surface area contributed by atoms with Crippen molar-refractivity contribution in [2.75, 3.05) is 14.2 Å². The zero-order chi connectivity index (χ0) is 17.1. The van der Waals surface area contributed by atoms with Crippen molar-refractivity contribution < 1.29 is 9.47 Å². The normalized spacial score (nSPS) is 10.5. The summed E-state index contributed by atoms with van der Waals surface area (Å²) in [6.07, 6.45) is 0. The topological polar surface area (TPSA) is 44.2 Å². The van der Waals surface area contributed by atoms with Crippen molar-refractivity contribution in [2.45, 2.75) is 6.92 Å². The quantitative estimate of drug-likeness (QED) is 0.685. The maximum Gasteiger partial charge on any atom is 0.160 e. The molecule has 0 atom stereocenters. The summed E-state index contributed by atoms with van der Waals surface area (Å²) in [6.45, 7) is 1.92. The molecule has 3 aromatic rings. The minimum Gasteiger partial charge on any atom is -0.497 e. The summed E-state index contributed by atoms with van der Waals surface area (Å²) < 4.78 is 10.8. The first-order valence-electron chi connectivity index (χ1n) is 7.45. The van der Waals surface area contributed by atoms with Gasteiger partial charge in [-0.3, -0.25) is 0 Å². The van der Waals surface area contributed by atoms with E-state index < -0.39 is 0 Å². The molecule has 1 aromatic heterocycles. The highest BCUT2D eigenvalue weighted by Gasteiger charge is 2.18. The third-order valence-corrected chi connectivity index (χ3v) is 4.07. The standard InChI is InChI=1S/C19H17ClN2O2/c1-12-17(13-7-5-4-6-8-13)18(19(20)22-21-12)14-9-15(23-2)11-16(10-14)24-3/h4-11H,1-3H3. The van der Waals surface area contributed by atoms with Crippen LogP contribution in [0.4, 0.5) is 0 Å². The van der Waals surface area contributed by atoms with Crippen molar-refractivity contribution in [3.63, 3.8) is 0 Å². The van der Waals surface area contributed by atoms with E-state index in [2.05, 4.69) is 10.2 Å². The number of benzene rings is 2. The van der Waals surface area contributed by atoms with Crippen LogP contribution < -0.4 is 9.47 Å². The molecule has 0 aliphatic rings. The van der Waals surface area contributed by atoms with E-state index in [1.165, 1.54) is 0 Å². The van der Waals surface area contributed by atoms with Crippen LogP contribution in [0.3, 0.4) is 0 Å². The van der Waals surface area contributed by atoms with Crippen LogP contribution in [0.15, 0.2) is 48.5 Å². The highest BCUT2D eigenvalue weighted by atomic mass is 35.5. The first-order chi connectivity index (χ1) is 11.6. The largest absolute Gasteiger partial charge is 0.497 e. The Bertz CT molecular complexity index is 844. The van der Waals surface area contributed by atoms with E-state index in [0.717, 1.165) is 27.9 Å². The van der Waals surface area contributed by atoms with Gasteiger partial charge in [0, 0.05) is 17.2 Å². The van der Waals surface area contributed by atoms with E-state index >= 15 is 0 Å². The molecule has 1 heterocycles. The van der Waals surface area contributed by atoms with Crippen LogP contribution in [0, 0.1) is 6.92 Å². The van der Waals surface area contributed by atoms with Gasteiger partial charge in [-0.15, -0.1) is 5.10 Å². The number of hydrogen-bond donors (Lipinski definition) is 0. The zero-order valence-electron chi connectivity index (χ0n) is 13.7. The van der Waals surface area contributed by atoms with Crippen molar-refractivity contribution in [1.29, 1.82) is 0 Å². The van der Waals surface area contributed by atoms with Gasteiger partial charge in [0.2, 0.25) is 0 Å². The number of rotatable bonds is 4. The molecule has 4 nitrogen and oxygen atoms in total. The van der Waals surface area contributed by atoms with Crippen molar-refractivity contribution in [3.05, 3.63) is 59.4 Å². The van der Waals surface area contributed by atoms with Gasteiger partial charge in [0.15, 0.2) is 5.15 Å². The molecule has 0 aliphatic heterocycles. The van der Waals surface area contributed by atoms with Crippen LogP contribution in [0.25, 0.3) is 22.3 Å². The lowest BCUT2D eigenvalue weighted by atomic mass is 9.95. The number of aromatic nitrogens is 2. The molecule has 0 saturated heterocycles. The maximum absolute atomic E-state index is 6.42. The summed E-state index contributed by atoms with van der Waals surface area (Å²) in [6, 6.07) is 15.7. The monoisotopic (exact) mass is 340 g/mol. The molecule has 0 bridgehead atoms. The molecular formula is C19H17ClN2O2. The van der Waals surface area contributed by atoms with Gasteiger partial charge < -0.3 is 9.47 Å². The number of hydrogen-bond acceptors (Lipinski definition) is 4. The van der Waals surface area contributed by atoms with Crippen molar-refractivity contribution in [3.8, 4) is 33.8 Å². The Morgan fingerprint density at radius 2 is 1.42 bits per heavy atom. The third kappa shape index (κ3) is 3.05. The second kappa shape index (κ2) is 6.89. The maximum atomic E-state index is 6.42. The predicted octanol–water partition coefficient (Wildman–Crippen LogP) is 4.79. The molecule has 0 amide bonds. The molecule has 0 aliphatic carbocycles. The number of ether oxygens (including phenoxy) is 2. The van der Waals surface area contributed by atoms with Crippen LogP contribution in [0.5, 0.6) is 11.5 Å². The minimum atomic E-state index is 0.342. The Balaban J connectivity index is 2.31. The van der Waals surface area contributed by atoms with Gasteiger partial charge in [0.25, 0.3) is 0 Å². The van der Waals surface area contributed by atoms with Crippen molar-refractivity contribution in [2.24, 2.45) is 0 Å². The molecule has 0 N–H and O–H groups in total. The Morgan fingerprint density at radius 1 is 0.792 bits per heavy atom. The van der Waals surface area contributed by atoms with Gasteiger partial charge >= 0.3 is 0 Å². The van der Waals surface area contributed by atoms with Gasteiger partial charge in [-0.05, 0) is 30.2 Å². The van der Waals surface area contributed by atoms with E-state index in [4.69, 9.17) is 21.1 Å². The number of aryl methyl sites for hydroxylation is 1. The summed E-state index contributed by atoms with van der Waals surface area (Å²) in [5.74, 6) is 1.38. The summed E-state index contributed by atoms with van der Waals surface area (Å²) in [5.41, 5.74) is 4.47. The van der Waals surface area contributed by atoms with E-state index in [0.29, 0.717) is 16.7 Å². The number of halogens is 1. The molecule has 0 radical (unpaired) electrons. The average molecular weight is 341 g/mol. The fourth-order valence-electron chi connectivity index (χ4n) is 2.68. The predicted molar refractivity (Wildman–Crippen MR) is 95.8 cm³/mol. The lowest BCUT2D eigenvalue weighted by Crippen LogP contribution is -1.98. The highest BCUT2D eigenvalue weighted by molar-refractivity contribution is 6.32. The van der Waals surface area contributed by atoms with Gasteiger partial charge in [-0.25, -0.2) is 0 Å². The number of nitrogens with zero attached hydrogens (tertiary/aromatic N) is 2. The van der Waals surface area contributed by atoms with Crippen LogP contribution >= 0.6 is 11.6 Å². The smallest absolute Gasteiger partial charge is 0.160 e. The second-order valence-electron chi connectivity index (χ2n) is 5.29. The summed E-state index contributed by atoms with van der Waals surface area (Å²) in [4.78, 5) is 0. The lowest BCUT2D eigenvalue weighted by molar-refractivity contribution is 0.394. The van der Waals surface area contributed by atoms with Crippen molar-refractivity contribution >= 4 is 11.6 Å². The molecule has 0 unspecified atom stereocenters. The summed E-state index contributed by atoms with van der Waals surface area (Å²) >= 11 is 6.42. The first-order valence-corrected chi connectivity index (χ1v) is 7.83. The summed E-state index contributed by atoms with van der Waals surface area (Å²) in [5, 5.41) is 8.61. The molecule has 122 valence electrons. The Morgan fingerprint density at radius 3 is 2.00 bits per heavy atom. The van der Waals surface area contributed by atoms with E-state index in [9.17, 15) is 0 Å². The third-order valence-electron chi connectivity index (χ3n) is 3.81. The van der Waals surface area contributed by atoms with Gasteiger partial charge in [0.05, 0.1) is 19.9 Å². The van der Waals surface area contributed by atoms with Gasteiger partial charge in [-0.1, -0.05) is 41.9 Å². The van der Waals surface area contributed by atoms with E-state index in [1.54, 1.807) is 14.2 Å². The van der Waals surface area contributed by atoms with Crippen LogP contribution in [0.1, 0.15) is 5.69 Å². The van der Waals surface area contributed by atoms with Crippen molar-refractivity contribution in [1.82, 2.24) is 10.2 Å². The van der Waals surface area contributed by atoms with E-state index in [1.807, 2.05) is 55.5 Å². The molecule has 5 heteroatoms. The second-order valence-corrected chi connectivity index (χ2v) is 5.65. The van der Waals surface area contributed by atoms with Gasteiger partial charge in [0.1, 0.15) is 11.5 Å². The molecule has 0 saturated carbocycles. The highest BCUT2D eigenvalue weighted by Crippen LogP contribution is 2.40. The zero-order valence-corrected chi connectivity index (χ0v) is 14.5. The molecule has 2 aromatic carbocycles. The first kappa shape index (κ1) is 16.3. The molecule has 0 fully saturated rings. The van der Waals surface area contributed by atoms with Gasteiger partial charge in [-0.2, -0.15) is 5.10 Å². The lowest BCUT2D eigenvalue weighted by Gasteiger charge is -2.15. The van der Waals surface area contributed by atoms with Crippen LogP contribution in [-0.4, -0.2) is 24.4 Å². The van der Waals surface area contributed by atoms with Crippen LogP contribution in [-0.2, 0) is 0 Å². The average Bonchev–Trinajstić information content (AvgIpc) is 2.63. The number of methoxy groups -OCH3 is 2. The Hall–Kier alpha value is -2.59. The molecule has 24 heavy (non-hydrogen) atoms. The minimum absolute atomic E-state index is 0.342. The fraction of sp³-hybridized carbons (Fsp3) is 0.158. The van der Waals surface area contributed by atoms with Crippen LogP contribution in [0.2, 0.25) is 5.15 Å². The Kier molecular flexibility index (Phi) is 4.67. The molecule has 3 rings (SSSR count).